The van der Waals surface area contributed by atoms with Crippen molar-refractivity contribution >= 4 is 17.5 Å². The SMILES string of the molecule is CC(C)CC(=O)OC1=CC(=O)C=CC1=O. The summed E-state index contributed by atoms with van der Waals surface area (Å²) in [6, 6.07) is 0. The minimum absolute atomic E-state index is 0.156. The fourth-order valence-corrected chi connectivity index (χ4v) is 1.07. The summed E-state index contributed by atoms with van der Waals surface area (Å²) in [5, 5.41) is 0. The van der Waals surface area contributed by atoms with Gasteiger partial charge in [0.2, 0.25) is 5.78 Å². The van der Waals surface area contributed by atoms with Crippen molar-refractivity contribution in [2.75, 3.05) is 0 Å². The van der Waals surface area contributed by atoms with E-state index in [0.717, 1.165) is 18.2 Å². The molecule has 1 aliphatic carbocycles. The van der Waals surface area contributed by atoms with E-state index in [1.165, 1.54) is 0 Å². The molecule has 15 heavy (non-hydrogen) atoms. The molecule has 0 saturated heterocycles. The second-order valence-corrected chi connectivity index (χ2v) is 3.68. The minimum Gasteiger partial charge on any atom is -0.422 e. The summed E-state index contributed by atoms with van der Waals surface area (Å²) in [4.78, 5) is 33.3. The molecule has 0 aliphatic heterocycles. The summed E-state index contributed by atoms with van der Waals surface area (Å²) >= 11 is 0. The molecule has 0 N–H and O–H groups in total. The summed E-state index contributed by atoms with van der Waals surface area (Å²) in [6.07, 6.45) is 3.49. The number of carbonyl (C=O) groups is 3. The number of esters is 1. The highest BCUT2D eigenvalue weighted by Gasteiger charge is 2.18. The van der Waals surface area contributed by atoms with Crippen molar-refractivity contribution in [3.8, 4) is 0 Å². The van der Waals surface area contributed by atoms with Gasteiger partial charge in [0.25, 0.3) is 0 Å². The van der Waals surface area contributed by atoms with E-state index in [-0.39, 0.29) is 23.9 Å². The maximum atomic E-state index is 11.2. The average molecular weight is 208 g/mol. The molecule has 0 aromatic heterocycles. The van der Waals surface area contributed by atoms with Crippen LogP contribution in [0.4, 0.5) is 0 Å². The van der Waals surface area contributed by atoms with Crippen LogP contribution in [0, 0.1) is 5.92 Å². The quantitative estimate of drug-likeness (QED) is 0.516. The number of ether oxygens (including phenoxy) is 1. The maximum Gasteiger partial charge on any atom is 0.311 e. The molecule has 0 unspecified atom stereocenters. The molecule has 0 radical (unpaired) electrons. The van der Waals surface area contributed by atoms with E-state index in [1.54, 1.807) is 0 Å². The fourth-order valence-electron chi connectivity index (χ4n) is 1.07. The van der Waals surface area contributed by atoms with Gasteiger partial charge < -0.3 is 4.74 Å². The van der Waals surface area contributed by atoms with E-state index in [9.17, 15) is 14.4 Å². The lowest BCUT2D eigenvalue weighted by Crippen LogP contribution is -2.15. The fraction of sp³-hybridized carbons (Fsp3) is 0.364. The Labute approximate surface area is 87.6 Å². The van der Waals surface area contributed by atoms with E-state index < -0.39 is 11.8 Å². The Morgan fingerprint density at radius 3 is 2.60 bits per heavy atom. The molecule has 0 bridgehead atoms. The van der Waals surface area contributed by atoms with Gasteiger partial charge in [-0.2, -0.15) is 0 Å². The lowest BCUT2D eigenvalue weighted by Gasteiger charge is -2.08. The van der Waals surface area contributed by atoms with Crippen molar-refractivity contribution in [2.24, 2.45) is 5.92 Å². The molecular formula is C11H12O4. The molecule has 0 fully saturated rings. The van der Waals surface area contributed by atoms with E-state index >= 15 is 0 Å². The molecule has 0 aromatic rings. The van der Waals surface area contributed by atoms with Crippen LogP contribution >= 0.6 is 0 Å². The molecule has 0 spiro atoms. The summed E-state index contributed by atoms with van der Waals surface area (Å²) in [7, 11) is 0. The lowest BCUT2D eigenvalue weighted by atomic mass is 10.1. The highest BCUT2D eigenvalue weighted by molar-refractivity contribution is 6.16. The molecule has 80 valence electrons. The second-order valence-electron chi connectivity index (χ2n) is 3.68. The van der Waals surface area contributed by atoms with Gasteiger partial charge in [0.1, 0.15) is 0 Å². The first-order valence-electron chi connectivity index (χ1n) is 4.68. The molecule has 1 rings (SSSR count). The first-order valence-corrected chi connectivity index (χ1v) is 4.68. The summed E-state index contributed by atoms with van der Waals surface area (Å²) in [5.74, 6) is -1.32. The van der Waals surface area contributed by atoms with Gasteiger partial charge in [-0.3, -0.25) is 14.4 Å². The van der Waals surface area contributed by atoms with Gasteiger partial charge >= 0.3 is 5.97 Å². The van der Waals surface area contributed by atoms with Gasteiger partial charge in [-0.15, -0.1) is 0 Å². The summed E-state index contributed by atoms with van der Waals surface area (Å²) in [6.45, 7) is 3.73. The molecule has 1 aliphatic rings. The minimum atomic E-state index is -0.493. The standard InChI is InChI=1S/C11H12O4/c1-7(2)5-11(14)15-10-6-8(12)3-4-9(10)13/h3-4,6-7H,5H2,1-2H3. The van der Waals surface area contributed by atoms with Crippen molar-refractivity contribution in [1.29, 1.82) is 0 Å². The highest BCUT2D eigenvalue weighted by Crippen LogP contribution is 2.10. The largest absolute Gasteiger partial charge is 0.422 e. The Morgan fingerprint density at radius 2 is 2.00 bits per heavy atom. The molecule has 4 nitrogen and oxygen atoms in total. The first-order chi connectivity index (χ1) is 6.99. The normalized spacial score (nSPS) is 15.5. The third kappa shape index (κ3) is 3.50. The van der Waals surface area contributed by atoms with Gasteiger partial charge in [-0.25, -0.2) is 0 Å². The first kappa shape index (κ1) is 11.4. The van der Waals surface area contributed by atoms with Gasteiger partial charge in [-0.05, 0) is 18.1 Å². The Balaban J connectivity index is 2.62. The number of hydrogen-bond acceptors (Lipinski definition) is 4. The van der Waals surface area contributed by atoms with Crippen molar-refractivity contribution in [2.45, 2.75) is 20.3 Å². The topological polar surface area (TPSA) is 60.4 Å². The Hall–Kier alpha value is -1.71. The zero-order valence-corrected chi connectivity index (χ0v) is 8.65. The van der Waals surface area contributed by atoms with Gasteiger partial charge in [-0.1, -0.05) is 13.8 Å². The molecule has 0 saturated carbocycles. The van der Waals surface area contributed by atoms with E-state index in [2.05, 4.69) is 0 Å². The monoisotopic (exact) mass is 208 g/mol. The third-order valence-electron chi connectivity index (χ3n) is 1.71. The van der Waals surface area contributed by atoms with Gasteiger partial charge in [0, 0.05) is 12.5 Å². The highest BCUT2D eigenvalue weighted by atomic mass is 16.5. The van der Waals surface area contributed by atoms with Crippen LogP contribution in [-0.2, 0) is 19.1 Å². The predicted octanol–water partition coefficient (Wildman–Crippen LogP) is 1.17. The molecule has 0 amide bonds. The van der Waals surface area contributed by atoms with Crippen LogP contribution in [0.2, 0.25) is 0 Å². The number of ketones is 2. The van der Waals surface area contributed by atoms with Crippen LogP contribution in [0.3, 0.4) is 0 Å². The lowest BCUT2D eigenvalue weighted by molar-refractivity contribution is -0.142. The molecule has 4 heteroatoms. The van der Waals surface area contributed by atoms with Crippen LogP contribution in [0.25, 0.3) is 0 Å². The van der Waals surface area contributed by atoms with E-state index in [1.807, 2.05) is 13.8 Å². The number of hydrogen-bond donors (Lipinski definition) is 0. The Bertz CT molecular complexity index is 361. The molecule has 0 aromatic carbocycles. The summed E-state index contributed by atoms with van der Waals surface area (Å²) in [5.41, 5.74) is 0. The van der Waals surface area contributed by atoms with Gasteiger partial charge in [0.05, 0.1) is 0 Å². The number of allylic oxidation sites excluding steroid dienone is 3. The zero-order valence-electron chi connectivity index (χ0n) is 8.65. The second kappa shape index (κ2) is 4.68. The van der Waals surface area contributed by atoms with Crippen LogP contribution in [-0.4, -0.2) is 17.5 Å². The maximum absolute atomic E-state index is 11.2. The molecule has 0 heterocycles. The van der Waals surface area contributed by atoms with Crippen molar-refractivity contribution in [3.05, 3.63) is 24.0 Å². The zero-order chi connectivity index (χ0) is 11.4. The third-order valence-corrected chi connectivity index (χ3v) is 1.71. The Morgan fingerprint density at radius 1 is 1.33 bits per heavy atom. The number of rotatable bonds is 3. The van der Waals surface area contributed by atoms with Gasteiger partial charge in [0.15, 0.2) is 11.5 Å². The average Bonchev–Trinajstić information content (AvgIpc) is 2.10. The van der Waals surface area contributed by atoms with Crippen molar-refractivity contribution < 1.29 is 19.1 Å². The van der Waals surface area contributed by atoms with Crippen LogP contribution in [0.15, 0.2) is 24.0 Å². The van der Waals surface area contributed by atoms with Crippen LogP contribution in [0.5, 0.6) is 0 Å². The van der Waals surface area contributed by atoms with Crippen LogP contribution in [0.1, 0.15) is 20.3 Å². The number of carbonyl (C=O) groups excluding carboxylic acids is 3. The van der Waals surface area contributed by atoms with Crippen LogP contribution < -0.4 is 0 Å². The van der Waals surface area contributed by atoms with Crippen molar-refractivity contribution in [3.63, 3.8) is 0 Å². The van der Waals surface area contributed by atoms with E-state index in [4.69, 9.17) is 4.74 Å². The van der Waals surface area contributed by atoms with Crippen molar-refractivity contribution in [1.82, 2.24) is 0 Å². The smallest absolute Gasteiger partial charge is 0.311 e. The van der Waals surface area contributed by atoms with E-state index in [0.29, 0.717) is 0 Å². The summed E-state index contributed by atoms with van der Waals surface area (Å²) < 4.78 is 4.79. The predicted molar refractivity (Wildman–Crippen MR) is 52.8 cm³/mol. The molecular weight excluding hydrogens is 196 g/mol. The molecule has 0 atom stereocenters. The Kier molecular flexibility index (Phi) is 3.55.